The highest BCUT2D eigenvalue weighted by Crippen LogP contribution is 2.29. The maximum Gasteiger partial charge on any atom is 0.416 e. The zero-order valence-electron chi connectivity index (χ0n) is 14.9. The highest BCUT2D eigenvalue weighted by atomic mass is 19.4. The van der Waals surface area contributed by atoms with Crippen molar-refractivity contribution in [2.24, 2.45) is 0 Å². The Bertz CT molecular complexity index is 765. The molecule has 3 rings (SSSR count). The zero-order chi connectivity index (χ0) is 19.3. The van der Waals surface area contributed by atoms with Crippen LogP contribution in [0, 0.1) is 0 Å². The lowest BCUT2D eigenvalue weighted by atomic mass is 10.1. The minimum absolute atomic E-state index is 0.128. The van der Waals surface area contributed by atoms with Crippen LogP contribution in [0.15, 0.2) is 48.7 Å². The number of hydrogen-bond donors (Lipinski definition) is 1. The molecule has 0 aliphatic carbocycles. The molecule has 0 spiro atoms. The predicted octanol–water partition coefficient (Wildman–Crippen LogP) is 3.77. The van der Waals surface area contributed by atoms with E-state index in [1.54, 1.807) is 12.3 Å². The van der Waals surface area contributed by atoms with Crippen molar-refractivity contribution in [2.75, 3.05) is 6.54 Å². The van der Waals surface area contributed by atoms with Crippen molar-refractivity contribution in [1.82, 2.24) is 15.2 Å². The molecule has 1 aromatic carbocycles. The Morgan fingerprint density at radius 2 is 2.04 bits per heavy atom. The van der Waals surface area contributed by atoms with Crippen molar-refractivity contribution in [3.05, 3.63) is 65.5 Å². The van der Waals surface area contributed by atoms with Gasteiger partial charge in [-0.3, -0.25) is 9.78 Å². The molecular weight excluding hydrogens is 355 g/mol. The highest BCUT2D eigenvalue weighted by molar-refractivity contribution is 5.78. The number of likely N-dealkylation sites (tertiary alicyclic amines) is 1. The van der Waals surface area contributed by atoms with E-state index < -0.39 is 11.7 Å². The molecule has 1 aromatic heterocycles. The summed E-state index contributed by atoms with van der Waals surface area (Å²) < 4.78 is 38.3. The van der Waals surface area contributed by atoms with Crippen LogP contribution >= 0.6 is 0 Å². The van der Waals surface area contributed by atoms with Crippen LogP contribution in [0.25, 0.3) is 0 Å². The van der Waals surface area contributed by atoms with Gasteiger partial charge in [-0.25, -0.2) is 0 Å². The summed E-state index contributed by atoms with van der Waals surface area (Å²) >= 11 is 0. The molecule has 1 fully saturated rings. The molecule has 144 valence electrons. The molecule has 1 atom stereocenters. The quantitative estimate of drug-likeness (QED) is 0.747. The van der Waals surface area contributed by atoms with Crippen LogP contribution in [0.2, 0.25) is 0 Å². The molecule has 4 nitrogen and oxygen atoms in total. The van der Waals surface area contributed by atoms with E-state index in [0.29, 0.717) is 31.6 Å². The van der Waals surface area contributed by atoms with Crippen molar-refractivity contribution in [2.45, 2.75) is 44.6 Å². The van der Waals surface area contributed by atoms with Crippen LogP contribution < -0.4 is 5.32 Å². The monoisotopic (exact) mass is 377 g/mol. The molecule has 0 bridgehead atoms. The van der Waals surface area contributed by atoms with Crippen LogP contribution in [0.4, 0.5) is 13.2 Å². The minimum Gasteiger partial charge on any atom is -0.334 e. The summed E-state index contributed by atoms with van der Waals surface area (Å²) in [4.78, 5) is 18.3. The van der Waals surface area contributed by atoms with Gasteiger partial charge in [-0.05, 0) is 43.1 Å². The van der Waals surface area contributed by atoms with Crippen molar-refractivity contribution >= 4 is 5.91 Å². The number of carbonyl (C=O) groups is 1. The molecule has 7 heteroatoms. The van der Waals surface area contributed by atoms with Crippen molar-refractivity contribution < 1.29 is 18.0 Å². The van der Waals surface area contributed by atoms with Crippen LogP contribution in [-0.4, -0.2) is 28.4 Å². The van der Waals surface area contributed by atoms with Gasteiger partial charge >= 0.3 is 6.18 Å². The number of rotatable bonds is 7. The summed E-state index contributed by atoms with van der Waals surface area (Å²) in [5, 5.41) is 3.19. The van der Waals surface area contributed by atoms with E-state index in [-0.39, 0.29) is 11.9 Å². The molecule has 0 saturated carbocycles. The minimum atomic E-state index is -4.33. The second-order valence-electron chi connectivity index (χ2n) is 6.70. The molecular formula is C20H22F3N3O. The number of alkyl halides is 3. The number of carbonyl (C=O) groups excluding carboxylic acids is 1. The first kappa shape index (κ1) is 19.4. The Kier molecular flexibility index (Phi) is 6.11. The van der Waals surface area contributed by atoms with Crippen molar-refractivity contribution in [3.8, 4) is 0 Å². The van der Waals surface area contributed by atoms with E-state index in [0.717, 1.165) is 24.6 Å². The molecule has 2 heterocycles. The van der Waals surface area contributed by atoms with Crippen molar-refractivity contribution in [1.29, 1.82) is 0 Å². The van der Waals surface area contributed by atoms with Crippen LogP contribution in [0.5, 0.6) is 0 Å². The molecule has 1 aliphatic heterocycles. The number of pyridine rings is 1. The Morgan fingerprint density at radius 3 is 2.78 bits per heavy atom. The van der Waals surface area contributed by atoms with Gasteiger partial charge in [-0.2, -0.15) is 13.2 Å². The number of nitrogens with zero attached hydrogens (tertiary/aromatic N) is 2. The Morgan fingerprint density at radius 1 is 1.19 bits per heavy atom. The molecule has 1 saturated heterocycles. The Labute approximate surface area is 156 Å². The Balaban J connectivity index is 1.49. The smallest absolute Gasteiger partial charge is 0.334 e. The normalized spacial score (nSPS) is 17.5. The summed E-state index contributed by atoms with van der Waals surface area (Å²) in [5.41, 5.74) is 0.817. The molecule has 1 aliphatic rings. The number of nitrogens with one attached hydrogen (secondary N) is 1. The first-order chi connectivity index (χ1) is 12.9. The summed E-state index contributed by atoms with van der Waals surface area (Å²) in [7, 11) is 0. The third-order valence-corrected chi connectivity index (χ3v) is 4.75. The van der Waals surface area contributed by atoms with Crippen LogP contribution in [0.1, 0.15) is 36.1 Å². The first-order valence-corrected chi connectivity index (χ1v) is 9.00. The SMILES string of the molecule is O=C1CCC(CCNCc2cccc(C(F)(F)F)c2)N1Cc1ccccn1. The van der Waals surface area contributed by atoms with E-state index in [2.05, 4.69) is 10.3 Å². The zero-order valence-corrected chi connectivity index (χ0v) is 14.9. The van der Waals surface area contributed by atoms with E-state index in [9.17, 15) is 18.0 Å². The number of halogens is 3. The van der Waals surface area contributed by atoms with Gasteiger partial charge in [0, 0.05) is 25.2 Å². The third kappa shape index (κ3) is 5.29. The van der Waals surface area contributed by atoms with E-state index in [4.69, 9.17) is 0 Å². The lowest BCUT2D eigenvalue weighted by Crippen LogP contribution is -2.34. The number of hydrogen-bond acceptors (Lipinski definition) is 3. The summed E-state index contributed by atoms with van der Waals surface area (Å²) in [6.45, 7) is 1.50. The number of amides is 1. The predicted molar refractivity (Wildman–Crippen MR) is 95.6 cm³/mol. The fourth-order valence-corrected chi connectivity index (χ4v) is 3.34. The van der Waals surface area contributed by atoms with E-state index in [1.165, 1.54) is 12.1 Å². The summed E-state index contributed by atoms with van der Waals surface area (Å²) in [5.74, 6) is 0.128. The van der Waals surface area contributed by atoms with Gasteiger partial charge < -0.3 is 10.2 Å². The second-order valence-corrected chi connectivity index (χ2v) is 6.70. The lowest BCUT2D eigenvalue weighted by molar-refractivity contribution is -0.137. The average Bonchev–Trinajstić information content (AvgIpc) is 2.99. The molecule has 27 heavy (non-hydrogen) atoms. The average molecular weight is 377 g/mol. The molecule has 1 unspecified atom stereocenters. The van der Waals surface area contributed by atoms with Gasteiger partial charge in [-0.15, -0.1) is 0 Å². The molecule has 2 aromatic rings. The maximum atomic E-state index is 12.8. The topological polar surface area (TPSA) is 45.2 Å². The van der Waals surface area contributed by atoms with Crippen LogP contribution in [0.3, 0.4) is 0 Å². The van der Waals surface area contributed by atoms with Gasteiger partial charge in [0.05, 0.1) is 17.8 Å². The molecule has 1 N–H and O–H groups in total. The van der Waals surface area contributed by atoms with Gasteiger partial charge in [0.1, 0.15) is 0 Å². The summed E-state index contributed by atoms with van der Waals surface area (Å²) in [6, 6.07) is 11.1. The lowest BCUT2D eigenvalue weighted by Gasteiger charge is -2.24. The van der Waals surface area contributed by atoms with E-state index in [1.807, 2.05) is 23.1 Å². The van der Waals surface area contributed by atoms with Crippen molar-refractivity contribution in [3.63, 3.8) is 0 Å². The first-order valence-electron chi connectivity index (χ1n) is 9.00. The van der Waals surface area contributed by atoms with Gasteiger partial charge in [0.15, 0.2) is 0 Å². The van der Waals surface area contributed by atoms with Gasteiger partial charge in [-0.1, -0.05) is 24.3 Å². The van der Waals surface area contributed by atoms with E-state index >= 15 is 0 Å². The van der Waals surface area contributed by atoms with Gasteiger partial charge in [0.25, 0.3) is 0 Å². The summed E-state index contributed by atoms with van der Waals surface area (Å²) in [6.07, 6.45) is -0.521. The highest BCUT2D eigenvalue weighted by Gasteiger charge is 2.31. The fraction of sp³-hybridized carbons (Fsp3) is 0.400. The fourth-order valence-electron chi connectivity index (χ4n) is 3.34. The van der Waals surface area contributed by atoms with Gasteiger partial charge in [0.2, 0.25) is 5.91 Å². The molecule has 0 radical (unpaired) electrons. The Hall–Kier alpha value is -2.41. The number of benzene rings is 1. The third-order valence-electron chi connectivity index (χ3n) is 4.75. The standard InChI is InChI=1S/C20H22F3N3O/c21-20(22,23)16-5-3-4-15(12-16)13-24-11-9-18-7-8-19(27)26(18)14-17-6-1-2-10-25-17/h1-6,10,12,18,24H,7-9,11,13-14H2. The largest absolute Gasteiger partial charge is 0.416 e. The molecule has 1 amide bonds. The van der Waals surface area contributed by atoms with Crippen LogP contribution in [-0.2, 0) is 24.1 Å². The second kappa shape index (κ2) is 8.52. The maximum absolute atomic E-state index is 12.8. The number of aromatic nitrogens is 1.